The highest BCUT2D eigenvalue weighted by atomic mass is 32.1. The molecule has 0 radical (unpaired) electrons. The van der Waals surface area contributed by atoms with Gasteiger partial charge in [0.2, 0.25) is 5.91 Å². The number of nitrogens with zero attached hydrogens (tertiary/aromatic N) is 2. The number of anilines is 1. The van der Waals surface area contributed by atoms with Crippen molar-refractivity contribution in [3.63, 3.8) is 0 Å². The SMILES string of the molecule is COC(=O)[C@@H]1[C@@H]2[C@H](CN1C(=O)[C@@H](Nc1cncs1)C(C)(C)C)C2(C)C. The van der Waals surface area contributed by atoms with Crippen molar-refractivity contribution in [1.29, 1.82) is 0 Å². The van der Waals surface area contributed by atoms with Crippen LogP contribution in [0.1, 0.15) is 34.6 Å². The Balaban J connectivity index is 1.85. The van der Waals surface area contributed by atoms with Crippen molar-refractivity contribution >= 4 is 28.2 Å². The number of esters is 1. The minimum Gasteiger partial charge on any atom is -0.467 e. The normalized spacial score (nSPS) is 28.2. The zero-order chi connectivity index (χ0) is 18.6. The van der Waals surface area contributed by atoms with Crippen LogP contribution in [0.25, 0.3) is 0 Å². The molecule has 1 aliphatic carbocycles. The molecule has 0 spiro atoms. The number of carbonyl (C=O) groups is 2. The van der Waals surface area contributed by atoms with Crippen LogP contribution >= 0.6 is 11.3 Å². The van der Waals surface area contributed by atoms with Gasteiger partial charge in [-0.1, -0.05) is 34.6 Å². The quantitative estimate of drug-likeness (QED) is 0.831. The van der Waals surface area contributed by atoms with Gasteiger partial charge in [0.25, 0.3) is 0 Å². The first kappa shape index (κ1) is 18.2. The molecule has 1 aliphatic heterocycles. The fourth-order valence-corrected chi connectivity index (χ4v) is 4.69. The molecule has 6 nitrogen and oxygen atoms in total. The molecule has 1 N–H and O–H groups in total. The molecule has 1 aromatic rings. The second-order valence-corrected chi connectivity index (χ2v) is 9.61. The molecular formula is C18H27N3O3S. The number of rotatable bonds is 4. The summed E-state index contributed by atoms with van der Waals surface area (Å²) in [4.78, 5) is 31.6. The number of aromatic nitrogens is 1. The van der Waals surface area contributed by atoms with Gasteiger partial charge in [0, 0.05) is 12.5 Å². The maximum atomic E-state index is 13.4. The Kier molecular flexibility index (Phi) is 4.34. The van der Waals surface area contributed by atoms with Crippen molar-refractivity contribution in [2.45, 2.75) is 46.7 Å². The minimum absolute atomic E-state index is 0.0423. The first-order valence-electron chi connectivity index (χ1n) is 8.62. The van der Waals surface area contributed by atoms with Crippen molar-refractivity contribution in [3.05, 3.63) is 11.7 Å². The number of nitrogens with one attached hydrogen (secondary N) is 1. The molecular weight excluding hydrogens is 338 g/mol. The lowest BCUT2D eigenvalue weighted by atomic mass is 9.85. The summed E-state index contributed by atoms with van der Waals surface area (Å²) < 4.78 is 5.02. The number of carbonyl (C=O) groups excluding carboxylic acids is 2. The van der Waals surface area contributed by atoms with Crippen molar-refractivity contribution in [1.82, 2.24) is 9.88 Å². The monoisotopic (exact) mass is 365 g/mol. The summed E-state index contributed by atoms with van der Waals surface area (Å²) in [6, 6.07) is -0.911. The van der Waals surface area contributed by atoms with E-state index in [0.717, 1.165) is 5.00 Å². The largest absolute Gasteiger partial charge is 0.467 e. The van der Waals surface area contributed by atoms with Crippen molar-refractivity contribution in [2.75, 3.05) is 19.0 Å². The van der Waals surface area contributed by atoms with Crippen LogP contribution < -0.4 is 5.32 Å². The molecule has 1 saturated heterocycles. The van der Waals surface area contributed by atoms with Gasteiger partial charge in [0.15, 0.2) is 0 Å². The Morgan fingerprint density at radius 2 is 2.12 bits per heavy atom. The molecule has 0 aromatic carbocycles. The molecule has 2 heterocycles. The number of hydrogen-bond donors (Lipinski definition) is 1. The van der Waals surface area contributed by atoms with Gasteiger partial charge in [-0.3, -0.25) is 9.78 Å². The number of ether oxygens (including phenoxy) is 1. The van der Waals surface area contributed by atoms with Crippen LogP contribution in [0.4, 0.5) is 5.00 Å². The Morgan fingerprint density at radius 3 is 2.64 bits per heavy atom. The lowest BCUT2D eigenvalue weighted by Gasteiger charge is -2.37. The Bertz CT molecular complexity index is 666. The van der Waals surface area contributed by atoms with Gasteiger partial charge < -0.3 is 15.0 Å². The third-order valence-electron chi connectivity index (χ3n) is 5.77. The molecule has 2 fully saturated rings. The number of fused-ring (bicyclic) bond motifs is 1. The van der Waals surface area contributed by atoms with Gasteiger partial charge >= 0.3 is 5.97 Å². The zero-order valence-electron chi connectivity index (χ0n) is 15.7. The van der Waals surface area contributed by atoms with E-state index in [0.29, 0.717) is 12.5 Å². The minimum atomic E-state index is -0.481. The maximum absolute atomic E-state index is 13.4. The number of likely N-dealkylation sites (tertiary alicyclic amines) is 1. The molecule has 1 aromatic heterocycles. The second kappa shape index (κ2) is 5.97. The van der Waals surface area contributed by atoms with E-state index in [1.165, 1.54) is 18.4 Å². The van der Waals surface area contributed by atoms with Crippen LogP contribution in [0.3, 0.4) is 0 Å². The summed E-state index contributed by atoms with van der Waals surface area (Å²) in [5, 5.41) is 4.17. The molecule has 3 rings (SSSR count). The van der Waals surface area contributed by atoms with Crippen LogP contribution in [-0.4, -0.2) is 47.5 Å². The summed E-state index contributed by atoms with van der Waals surface area (Å²) >= 11 is 1.46. The van der Waals surface area contributed by atoms with Gasteiger partial charge in [-0.05, 0) is 16.7 Å². The van der Waals surface area contributed by atoms with E-state index in [1.807, 2.05) is 20.8 Å². The average molecular weight is 365 g/mol. The smallest absolute Gasteiger partial charge is 0.328 e. The Hall–Kier alpha value is -1.63. The Morgan fingerprint density at radius 1 is 1.44 bits per heavy atom. The number of methoxy groups -OCH3 is 1. The Labute approximate surface area is 153 Å². The molecule has 1 amide bonds. The maximum Gasteiger partial charge on any atom is 0.328 e. The first-order chi connectivity index (χ1) is 11.6. The van der Waals surface area contributed by atoms with Crippen LogP contribution in [0.15, 0.2) is 11.7 Å². The van der Waals surface area contributed by atoms with E-state index in [4.69, 9.17) is 4.74 Å². The van der Waals surface area contributed by atoms with Crippen molar-refractivity contribution in [3.8, 4) is 0 Å². The third kappa shape index (κ3) is 3.03. The summed E-state index contributed by atoms with van der Waals surface area (Å²) in [5.74, 6) is 0.202. The highest BCUT2D eigenvalue weighted by Gasteiger charge is 2.70. The van der Waals surface area contributed by atoms with Crippen LogP contribution in [0.5, 0.6) is 0 Å². The topological polar surface area (TPSA) is 71.5 Å². The molecule has 4 atom stereocenters. The number of amides is 1. The van der Waals surface area contributed by atoms with Crippen LogP contribution in [0.2, 0.25) is 0 Å². The van der Waals surface area contributed by atoms with Crippen molar-refractivity contribution in [2.24, 2.45) is 22.7 Å². The summed E-state index contributed by atoms with van der Waals surface area (Å²) in [5.41, 5.74) is 1.53. The van der Waals surface area contributed by atoms with Crippen LogP contribution in [-0.2, 0) is 14.3 Å². The van der Waals surface area contributed by atoms with E-state index in [9.17, 15) is 9.59 Å². The summed E-state index contributed by atoms with van der Waals surface area (Å²) in [7, 11) is 1.39. The van der Waals surface area contributed by atoms with Gasteiger partial charge in [0.1, 0.15) is 17.1 Å². The standard InChI is InChI=1S/C18H27N3O3S/c1-17(2,3)14(20-11-7-19-9-25-11)15(22)21-8-10-12(18(10,4)5)13(21)16(23)24-6/h7,9-10,12-14,20H,8H2,1-6H3/t10-,12-,13-,14+/m0/s1. The average Bonchev–Trinajstić information content (AvgIpc) is 3.00. The predicted octanol–water partition coefficient (Wildman–Crippen LogP) is 2.63. The van der Waals surface area contributed by atoms with E-state index in [1.54, 1.807) is 16.6 Å². The zero-order valence-corrected chi connectivity index (χ0v) is 16.5. The van der Waals surface area contributed by atoms with E-state index in [-0.39, 0.29) is 28.6 Å². The molecule has 1 saturated carbocycles. The van der Waals surface area contributed by atoms with Gasteiger partial charge in [0.05, 0.1) is 18.8 Å². The number of hydrogen-bond acceptors (Lipinski definition) is 6. The summed E-state index contributed by atoms with van der Waals surface area (Å²) in [6.45, 7) is 11.0. The van der Waals surface area contributed by atoms with Crippen LogP contribution in [0, 0.1) is 22.7 Å². The fraction of sp³-hybridized carbons (Fsp3) is 0.722. The van der Waals surface area contributed by atoms with Gasteiger partial charge in [-0.25, -0.2) is 4.79 Å². The predicted molar refractivity (Wildman–Crippen MR) is 97.3 cm³/mol. The fourth-order valence-electron chi connectivity index (χ4n) is 4.15. The van der Waals surface area contributed by atoms with Crippen molar-refractivity contribution < 1.29 is 14.3 Å². The van der Waals surface area contributed by atoms with E-state index < -0.39 is 12.1 Å². The van der Waals surface area contributed by atoms with E-state index in [2.05, 4.69) is 24.1 Å². The molecule has 7 heteroatoms. The third-order valence-corrected chi connectivity index (χ3v) is 6.47. The first-order valence-corrected chi connectivity index (χ1v) is 9.50. The van der Waals surface area contributed by atoms with E-state index >= 15 is 0 Å². The lowest BCUT2D eigenvalue weighted by Crippen LogP contribution is -2.54. The highest BCUT2D eigenvalue weighted by Crippen LogP contribution is 2.65. The van der Waals surface area contributed by atoms with Gasteiger partial charge in [-0.15, -0.1) is 11.3 Å². The number of thiazole rings is 1. The summed E-state index contributed by atoms with van der Waals surface area (Å²) in [6.07, 6.45) is 1.72. The van der Waals surface area contributed by atoms with Gasteiger partial charge in [-0.2, -0.15) is 0 Å². The molecule has 0 bridgehead atoms. The molecule has 138 valence electrons. The molecule has 0 unspecified atom stereocenters. The lowest BCUT2D eigenvalue weighted by molar-refractivity contribution is -0.154. The molecule has 25 heavy (non-hydrogen) atoms. The number of piperidine rings is 1. The molecule has 2 aliphatic rings. The highest BCUT2D eigenvalue weighted by molar-refractivity contribution is 7.13. The second-order valence-electron chi connectivity index (χ2n) is 8.72.